The van der Waals surface area contributed by atoms with Crippen molar-refractivity contribution in [2.45, 2.75) is 44.5 Å². The first-order valence-corrected chi connectivity index (χ1v) is 12.6. The number of benzene rings is 2. The first-order chi connectivity index (χ1) is 17.3. The van der Waals surface area contributed by atoms with E-state index in [1.807, 2.05) is 17.5 Å². The molecule has 1 fully saturated rings. The molecule has 2 N–H and O–H groups in total. The summed E-state index contributed by atoms with van der Waals surface area (Å²) in [5.74, 6) is -0.757. The summed E-state index contributed by atoms with van der Waals surface area (Å²) in [6.07, 6.45) is 1.42. The largest absolute Gasteiger partial charge is 0.375 e. The van der Waals surface area contributed by atoms with Crippen LogP contribution in [0.3, 0.4) is 0 Å². The second-order valence-corrected chi connectivity index (χ2v) is 10.2. The van der Waals surface area contributed by atoms with Gasteiger partial charge in [0.1, 0.15) is 5.41 Å². The van der Waals surface area contributed by atoms with Crippen molar-refractivity contribution in [1.29, 1.82) is 5.26 Å². The summed E-state index contributed by atoms with van der Waals surface area (Å²) in [6.45, 7) is 4.34. The number of carbonyl (C=O) groups excluding carboxylic acids is 2. The number of nitrogens with zero attached hydrogens (tertiary/aromatic N) is 2. The molecule has 2 aliphatic rings. The van der Waals surface area contributed by atoms with E-state index in [0.29, 0.717) is 23.4 Å². The molecule has 0 bridgehead atoms. The zero-order valence-electron chi connectivity index (χ0n) is 20.0. The van der Waals surface area contributed by atoms with Crippen LogP contribution in [-0.2, 0) is 26.3 Å². The third-order valence-corrected chi connectivity index (χ3v) is 7.28. The molecule has 5 rings (SSSR count). The highest BCUT2D eigenvalue weighted by molar-refractivity contribution is 7.14. The molecule has 0 aliphatic carbocycles. The minimum absolute atomic E-state index is 0.124. The summed E-state index contributed by atoms with van der Waals surface area (Å²) in [4.78, 5) is 29.7. The summed E-state index contributed by atoms with van der Waals surface area (Å²) in [5.41, 5.74) is 4.11. The van der Waals surface area contributed by atoms with Crippen molar-refractivity contribution in [1.82, 2.24) is 10.3 Å². The van der Waals surface area contributed by atoms with Crippen LogP contribution in [0.5, 0.6) is 0 Å². The van der Waals surface area contributed by atoms with Gasteiger partial charge in [0.2, 0.25) is 5.91 Å². The van der Waals surface area contributed by atoms with E-state index in [4.69, 9.17) is 9.47 Å². The lowest BCUT2D eigenvalue weighted by atomic mass is 9.79. The Kier molecular flexibility index (Phi) is 6.58. The number of hydrogen-bond donors (Lipinski definition) is 2. The predicted molar refractivity (Wildman–Crippen MR) is 135 cm³/mol. The highest BCUT2D eigenvalue weighted by Gasteiger charge is 2.33. The number of ether oxygens (including phenoxy) is 2. The minimum atomic E-state index is -0.813. The van der Waals surface area contributed by atoms with Crippen LogP contribution >= 0.6 is 11.3 Å². The second-order valence-electron chi connectivity index (χ2n) is 9.37. The van der Waals surface area contributed by atoms with E-state index in [2.05, 4.69) is 40.7 Å². The first kappa shape index (κ1) is 24.1. The van der Waals surface area contributed by atoms with Crippen molar-refractivity contribution in [2.24, 2.45) is 0 Å². The highest BCUT2D eigenvalue weighted by Crippen LogP contribution is 2.36. The summed E-state index contributed by atoms with van der Waals surface area (Å²) in [6, 6.07) is 15.5. The molecule has 2 amide bonds. The Morgan fingerprint density at radius 3 is 2.89 bits per heavy atom. The molecule has 2 aliphatic heterocycles. The SMILES string of the molecule is C[C@@H]1CC(c2cccc(-c3csc(NC(=O)CNC(=O)c4ccc5c(c4)[C@](C)(C#N)COC5)n3)c2)O1. The average Bonchev–Trinajstić information content (AvgIpc) is 3.34. The zero-order chi connectivity index (χ0) is 25.3. The van der Waals surface area contributed by atoms with Gasteiger partial charge in [0.05, 0.1) is 43.7 Å². The number of aromatic nitrogens is 1. The fraction of sp³-hybridized carbons (Fsp3) is 0.333. The summed E-state index contributed by atoms with van der Waals surface area (Å²) in [5, 5.41) is 17.3. The van der Waals surface area contributed by atoms with Gasteiger partial charge < -0.3 is 20.1 Å². The minimum Gasteiger partial charge on any atom is -0.375 e. The topological polar surface area (TPSA) is 113 Å². The van der Waals surface area contributed by atoms with E-state index in [0.717, 1.165) is 34.4 Å². The molecule has 36 heavy (non-hydrogen) atoms. The van der Waals surface area contributed by atoms with E-state index >= 15 is 0 Å². The van der Waals surface area contributed by atoms with Crippen molar-refractivity contribution in [2.75, 3.05) is 18.5 Å². The van der Waals surface area contributed by atoms with Crippen molar-refractivity contribution in [3.8, 4) is 17.3 Å². The number of carbonyl (C=O) groups is 2. The van der Waals surface area contributed by atoms with Crippen molar-refractivity contribution in [3.05, 3.63) is 70.1 Å². The molecule has 1 aromatic heterocycles. The average molecular weight is 503 g/mol. The van der Waals surface area contributed by atoms with Gasteiger partial charge in [0.15, 0.2) is 5.13 Å². The summed E-state index contributed by atoms with van der Waals surface area (Å²) >= 11 is 1.33. The number of anilines is 1. The van der Waals surface area contributed by atoms with Crippen LogP contribution in [0, 0.1) is 11.3 Å². The van der Waals surface area contributed by atoms with Crippen molar-refractivity contribution >= 4 is 28.3 Å². The van der Waals surface area contributed by atoms with E-state index in [1.165, 1.54) is 11.3 Å². The van der Waals surface area contributed by atoms with Gasteiger partial charge in [-0.2, -0.15) is 5.26 Å². The van der Waals surface area contributed by atoms with Gasteiger partial charge in [-0.25, -0.2) is 4.98 Å². The Balaban J connectivity index is 1.18. The normalized spacial score (nSPS) is 22.6. The molecule has 1 unspecified atom stereocenters. The molecule has 3 aromatic rings. The molecule has 2 aromatic carbocycles. The highest BCUT2D eigenvalue weighted by atomic mass is 32.1. The van der Waals surface area contributed by atoms with Crippen LogP contribution in [0.4, 0.5) is 5.13 Å². The summed E-state index contributed by atoms with van der Waals surface area (Å²) < 4.78 is 11.3. The van der Waals surface area contributed by atoms with Gasteiger partial charge >= 0.3 is 0 Å². The lowest BCUT2D eigenvalue weighted by Crippen LogP contribution is -2.34. The third kappa shape index (κ3) is 4.88. The monoisotopic (exact) mass is 502 g/mol. The lowest BCUT2D eigenvalue weighted by Gasteiger charge is -2.34. The Morgan fingerprint density at radius 2 is 2.11 bits per heavy atom. The number of hydrogen-bond acceptors (Lipinski definition) is 7. The number of rotatable bonds is 6. The molecule has 0 radical (unpaired) electrons. The van der Waals surface area contributed by atoms with Gasteiger partial charge in [-0.05, 0) is 48.7 Å². The molecule has 0 saturated carbocycles. The Hall–Kier alpha value is -3.58. The fourth-order valence-electron chi connectivity index (χ4n) is 4.47. The molecule has 3 atom stereocenters. The van der Waals surface area contributed by atoms with Gasteiger partial charge in [-0.1, -0.05) is 24.3 Å². The van der Waals surface area contributed by atoms with Gasteiger partial charge in [0.25, 0.3) is 5.91 Å². The molecule has 1 saturated heterocycles. The number of fused-ring (bicyclic) bond motifs is 1. The quantitative estimate of drug-likeness (QED) is 0.518. The molecular weight excluding hydrogens is 476 g/mol. The predicted octanol–water partition coefficient (Wildman–Crippen LogP) is 4.34. The van der Waals surface area contributed by atoms with Crippen LogP contribution in [-0.4, -0.2) is 36.1 Å². The Labute approximate surface area is 213 Å². The van der Waals surface area contributed by atoms with Crippen LogP contribution in [0.2, 0.25) is 0 Å². The molecular formula is C27H26N4O4S. The maximum absolute atomic E-state index is 12.7. The molecule has 9 heteroatoms. The van der Waals surface area contributed by atoms with E-state index in [-0.39, 0.29) is 31.1 Å². The fourth-order valence-corrected chi connectivity index (χ4v) is 5.20. The van der Waals surface area contributed by atoms with Gasteiger partial charge in [-0.15, -0.1) is 11.3 Å². The number of amides is 2. The van der Waals surface area contributed by atoms with Crippen molar-refractivity contribution in [3.63, 3.8) is 0 Å². The molecule has 3 heterocycles. The van der Waals surface area contributed by atoms with E-state index < -0.39 is 5.41 Å². The van der Waals surface area contributed by atoms with Gasteiger partial charge in [0, 0.05) is 22.9 Å². The second kappa shape index (κ2) is 9.82. The van der Waals surface area contributed by atoms with Crippen LogP contribution in [0.25, 0.3) is 11.3 Å². The number of nitrogens with one attached hydrogen (secondary N) is 2. The van der Waals surface area contributed by atoms with E-state index in [9.17, 15) is 14.9 Å². The molecule has 184 valence electrons. The first-order valence-electron chi connectivity index (χ1n) is 11.8. The van der Waals surface area contributed by atoms with Gasteiger partial charge in [-0.3, -0.25) is 9.59 Å². The summed E-state index contributed by atoms with van der Waals surface area (Å²) in [7, 11) is 0. The Morgan fingerprint density at radius 1 is 1.28 bits per heavy atom. The van der Waals surface area contributed by atoms with Crippen LogP contribution in [0.15, 0.2) is 47.8 Å². The molecule has 0 spiro atoms. The Bertz CT molecular complexity index is 1360. The van der Waals surface area contributed by atoms with Crippen molar-refractivity contribution < 1.29 is 19.1 Å². The standard InChI is InChI=1S/C27H26N4O4S/c1-16-8-23(35-16)18-5-3-4-17(9-18)22-13-36-26(30-22)31-24(32)11-29-25(33)19-6-7-20-12-34-15-27(2,14-28)21(20)10-19/h3-7,9-10,13,16,23H,8,11-12,15H2,1-2H3,(H,29,33)(H,30,31,32)/t16-,23?,27-/m1/s1. The number of nitriles is 1. The van der Waals surface area contributed by atoms with Crippen LogP contribution in [0.1, 0.15) is 53.4 Å². The zero-order valence-corrected chi connectivity index (χ0v) is 20.9. The van der Waals surface area contributed by atoms with Crippen LogP contribution < -0.4 is 10.6 Å². The van der Waals surface area contributed by atoms with E-state index in [1.54, 1.807) is 25.1 Å². The molecule has 8 nitrogen and oxygen atoms in total. The smallest absolute Gasteiger partial charge is 0.251 e. The number of thiazole rings is 1. The maximum atomic E-state index is 12.7. The maximum Gasteiger partial charge on any atom is 0.251 e. The third-order valence-electron chi connectivity index (χ3n) is 6.52. The lowest BCUT2D eigenvalue weighted by molar-refractivity contribution is -0.116.